The Morgan fingerprint density at radius 2 is 1.80 bits per heavy atom. The lowest BCUT2D eigenvalue weighted by atomic mass is 9.82. The topological polar surface area (TPSA) is 21.3 Å². The van der Waals surface area contributed by atoms with Gasteiger partial charge < -0.3 is 10.1 Å². The summed E-state index contributed by atoms with van der Waals surface area (Å²) in [5, 5.41) is 5.65. The van der Waals surface area contributed by atoms with E-state index in [0.29, 0.717) is 19.8 Å². The Balaban J connectivity index is 1.62. The Hall–Kier alpha value is -1.46. The SMILES string of the molecule is Fc1ccc(C2(NCc3sc4ccccc4c3Cl)CCOCC2)cc1. The second kappa shape index (κ2) is 7.04. The number of rotatable bonds is 4. The minimum Gasteiger partial charge on any atom is -0.381 e. The molecule has 0 unspecified atom stereocenters. The third-order valence-electron chi connectivity index (χ3n) is 4.93. The van der Waals surface area contributed by atoms with E-state index in [4.69, 9.17) is 16.3 Å². The molecule has 0 atom stereocenters. The third kappa shape index (κ3) is 3.32. The quantitative estimate of drug-likeness (QED) is 0.651. The number of ether oxygens (including phenoxy) is 1. The summed E-state index contributed by atoms with van der Waals surface area (Å²) in [6.45, 7) is 2.09. The van der Waals surface area contributed by atoms with Gasteiger partial charge >= 0.3 is 0 Å². The standard InChI is InChI=1S/C20H19ClFNOS/c21-19-16-3-1-2-4-17(16)25-18(19)13-23-20(9-11-24-12-10-20)14-5-7-15(22)8-6-14/h1-8,23H,9-13H2. The van der Waals surface area contributed by atoms with Gasteiger partial charge in [-0.3, -0.25) is 0 Å². The van der Waals surface area contributed by atoms with Crippen LogP contribution in [0.4, 0.5) is 4.39 Å². The molecule has 25 heavy (non-hydrogen) atoms. The van der Waals surface area contributed by atoms with Crippen LogP contribution in [0.2, 0.25) is 5.02 Å². The van der Waals surface area contributed by atoms with Crippen molar-refractivity contribution in [3.63, 3.8) is 0 Å². The lowest BCUT2D eigenvalue weighted by Gasteiger charge is -2.39. The Labute approximate surface area is 155 Å². The Morgan fingerprint density at radius 1 is 1.08 bits per heavy atom. The molecule has 2 aromatic carbocycles. The van der Waals surface area contributed by atoms with Gasteiger partial charge in [-0.05, 0) is 36.6 Å². The fourth-order valence-electron chi connectivity index (χ4n) is 3.48. The molecule has 2 heterocycles. The van der Waals surface area contributed by atoms with Gasteiger partial charge in [0, 0.05) is 40.3 Å². The van der Waals surface area contributed by atoms with E-state index in [1.807, 2.05) is 24.3 Å². The molecule has 0 aliphatic carbocycles. The van der Waals surface area contributed by atoms with Crippen LogP contribution in [-0.2, 0) is 16.8 Å². The van der Waals surface area contributed by atoms with Crippen molar-refractivity contribution in [2.24, 2.45) is 0 Å². The van der Waals surface area contributed by atoms with Crippen molar-refractivity contribution in [1.29, 1.82) is 0 Å². The average Bonchev–Trinajstić information content (AvgIpc) is 2.98. The monoisotopic (exact) mass is 375 g/mol. The molecule has 0 radical (unpaired) electrons. The zero-order valence-electron chi connectivity index (χ0n) is 13.7. The molecule has 0 bridgehead atoms. The molecule has 5 heteroatoms. The number of hydrogen-bond donors (Lipinski definition) is 1. The van der Waals surface area contributed by atoms with Crippen LogP contribution in [0, 0.1) is 5.82 Å². The molecule has 0 saturated carbocycles. The summed E-state index contributed by atoms with van der Waals surface area (Å²) in [5.74, 6) is -0.210. The van der Waals surface area contributed by atoms with E-state index in [-0.39, 0.29) is 11.4 Å². The highest BCUT2D eigenvalue weighted by Crippen LogP contribution is 2.37. The van der Waals surface area contributed by atoms with Crippen LogP contribution in [-0.4, -0.2) is 13.2 Å². The largest absolute Gasteiger partial charge is 0.381 e. The minimum atomic E-state index is -0.210. The molecular weight excluding hydrogens is 357 g/mol. The lowest BCUT2D eigenvalue weighted by molar-refractivity contribution is 0.0359. The van der Waals surface area contributed by atoms with E-state index < -0.39 is 0 Å². The van der Waals surface area contributed by atoms with Crippen molar-refractivity contribution in [3.8, 4) is 0 Å². The predicted molar refractivity (Wildman–Crippen MR) is 102 cm³/mol. The number of thiophene rings is 1. The van der Waals surface area contributed by atoms with Crippen LogP contribution in [0.25, 0.3) is 10.1 Å². The summed E-state index contributed by atoms with van der Waals surface area (Å²) in [7, 11) is 0. The highest BCUT2D eigenvalue weighted by Gasteiger charge is 2.34. The van der Waals surface area contributed by atoms with Crippen LogP contribution < -0.4 is 5.32 Å². The summed E-state index contributed by atoms with van der Waals surface area (Å²) in [6.07, 6.45) is 1.72. The van der Waals surface area contributed by atoms with Crippen molar-refractivity contribution in [1.82, 2.24) is 5.32 Å². The first-order valence-electron chi connectivity index (χ1n) is 8.43. The Bertz CT molecular complexity index is 871. The highest BCUT2D eigenvalue weighted by atomic mass is 35.5. The van der Waals surface area contributed by atoms with Crippen LogP contribution in [0.5, 0.6) is 0 Å². The number of fused-ring (bicyclic) bond motifs is 1. The van der Waals surface area contributed by atoms with Gasteiger partial charge in [0.1, 0.15) is 5.82 Å². The predicted octanol–water partition coefficient (Wildman–Crippen LogP) is 5.49. The molecule has 0 amide bonds. The number of hydrogen-bond acceptors (Lipinski definition) is 3. The van der Waals surface area contributed by atoms with Gasteiger partial charge in [0.05, 0.1) is 5.02 Å². The Morgan fingerprint density at radius 3 is 2.52 bits per heavy atom. The third-order valence-corrected chi connectivity index (χ3v) is 6.65. The second-order valence-electron chi connectivity index (χ2n) is 6.39. The summed E-state index contributed by atoms with van der Waals surface area (Å²) >= 11 is 8.31. The minimum absolute atomic E-state index is 0.203. The van der Waals surface area contributed by atoms with Gasteiger partial charge in [0.2, 0.25) is 0 Å². The molecule has 0 spiro atoms. The molecule has 1 N–H and O–H groups in total. The molecule has 1 aromatic heterocycles. The fourth-order valence-corrected chi connectivity index (χ4v) is 4.92. The van der Waals surface area contributed by atoms with Crippen molar-refractivity contribution < 1.29 is 9.13 Å². The van der Waals surface area contributed by atoms with Gasteiger partial charge in [-0.2, -0.15) is 0 Å². The van der Waals surface area contributed by atoms with Gasteiger partial charge in [-0.1, -0.05) is 41.9 Å². The Kier molecular flexibility index (Phi) is 4.78. The van der Waals surface area contributed by atoms with Gasteiger partial charge in [-0.15, -0.1) is 11.3 Å². The first kappa shape index (κ1) is 17.0. The van der Waals surface area contributed by atoms with Crippen LogP contribution in [0.1, 0.15) is 23.3 Å². The molecule has 2 nitrogen and oxygen atoms in total. The summed E-state index contributed by atoms with van der Waals surface area (Å²) in [6, 6.07) is 15.0. The van der Waals surface area contributed by atoms with Crippen LogP contribution in [0.3, 0.4) is 0 Å². The van der Waals surface area contributed by atoms with Crippen molar-refractivity contribution in [2.45, 2.75) is 24.9 Å². The number of benzene rings is 2. The van der Waals surface area contributed by atoms with E-state index in [2.05, 4.69) is 17.4 Å². The second-order valence-corrected chi connectivity index (χ2v) is 7.91. The average molecular weight is 376 g/mol. The van der Waals surface area contributed by atoms with E-state index in [9.17, 15) is 4.39 Å². The van der Waals surface area contributed by atoms with Crippen LogP contribution in [0.15, 0.2) is 48.5 Å². The molecule has 1 aliphatic rings. The lowest BCUT2D eigenvalue weighted by Crippen LogP contribution is -2.46. The molecular formula is C20H19ClFNOS. The molecule has 1 aliphatic heterocycles. The number of halogens is 2. The van der Waals surface area contributed by atoms with E-state index in [0.717, 1.165) is 33.7 Å². The first-order chi connectivity index (χ1) is 12.2. The van der Waals surface area contributed by atoms with Gasteiger partial charge in [0.25, 0.3) is 0 Å². The normalized spacial score (nSPS) is 17.0. The molecule has 1 fully saturated rings. The van der Waals surface area contributed by atoms with Crippen molar-refractivity contribution >= 4 is 33.0 Å². The highest BCUT2D eigenvalue weighted by molar-refractivity contribution is 7.19. The van der Waals surface area contributed by atoms with Crippen molar-refractivity contribution in [2.75, 3.05) is 13.2 Å². The van der Waals surface area contributed by atoms with Crippen LogP contribution >= 0.6 is 22.9 Å². The molecule has 3 aromatic rings. The molecule has 130 valence electrons. The molecule has 1 saturated heterocycles. The molecule has 4 rings (SSSR count). The number of nitrogens with one attached hydrogen (secondary N) is 1. The van der Waals surface area contributed by atoms with E-state index >= 15 is 0 Å². The zero-order valence-corrected chi connectivity index (χ0v) is 15.3. The van der Waals surface area contributed by atoms with E-state index in [1.165, 1.54) is 16.8 Å². The maximum absolute atomic E-state index is 13.3. The maximum atomic E-state index is 13.3. The zero-order chi connectivity index (χ0) is 17.3. The first-order valence-corrected chi connectivity index (χ1v) is 9.62. The summed E-state index contributed by atoms with van der Waals surface area (Å²) < 4.78 is 20.1. The van der Waals surface area contributed by atoms with Crippen molar-refractivity contribution in [3.05, 3.63) is 69.8 Å². The summed E-state index contributed by atoms with van der Waals surface area (Å²) in [4.78, 5) is 1.14. The van der Waals surface area contributed by atoms with Gasteiger partial charge in [0.15, 0.2) is 0 Å². The maximum Gasteiger partial charge on any atom is 0.123 e. The van der Waals surface area contributed by atoms with E-state index in [1.54, 1.807) is 11.3 Å². The smallest absolute Gasteiger partial charge is 0.123 e. The fraction of sp³-hybridized carbons (Fsp3) is 0.300. The van der Waals surface area contributed by atoms with Gasteiger partial charge in [-0.25, -0.2) is 4.39 Å². The summed E-state index contributed by atoms with van der Waals surface area (Å²) in [5.41, 5.74) is 0.903.